The molecule has 1 aliphatic rings. The standard InChI is InChI=1S/C17H23ClN2O4/c1-17(2,3)24-15(22)10-20-7-6-11(9-20)16(23)19-12-4-5-14(21)13(18)8-12/h4-5,8,11,21H,6-7,9-10H2,1-3H3,(H,19,23)/t11-/m1/s1. The molecule has 1 atom stereocenters. The van der Waals surface area contributed by atoms with Crippen molar-refractivity contribution in [3.8, 4) is 5.75 Å². The van der Waals surface area contributed by atoms with Crippen LogP contribution in [-0.2, 0) is 14.3 Å². The molecule has 0 bridgehead atoms. The number of likely N-dealkylation sites (tertiary alicyclic amines) is 1. The van der Waals surface area contributed by atoms with Gasteiger partial charge in [-0.05, 0) is 51.9 Å². The number of carbonyl (C=O) groups excluding carboxylic acids is 2. The third-order valence-corrected chi connectivity index (χ3v) is 3.93. The number of esters is 1. The van der Waals surface area contributed by atoms with Crippen LogP contribution in [-0.4, -0.2) is 47.1 Å². The van der Waals surface area contributed by atoms with Gasteiger partial charge in [0, 0.05) is 12.2 Å². The van der Waals surface area contributed by atoms with E-state index in [0.717, 1.165) is 0 Å². The average molecular weight is 355 g/mol. The lowest BCUT2D eigenvalue weighted by Crippen LogP contribution is -2.34. The van der Waals surface area contributed by atoms with Crippen LogP contribution in [0.1, 0.15) is 27.2 Å². The zero-order chi connectivity index (χ0) is 17.9. The monoisotopic (exact) mass is 354 g/mol. The smallest absolute Gasteiger partial charge is 0.320 e. The lowest BCUT2D eigenvalue weighted by molar-refractivity contribution is -0.156. The van der Waals surface area contributed by atoms with Crippen molar-refractivity contribution in [3.05, 3.63) is 23.2 Å². The molecular weight excluding hydrogens is 332 g/mol. The van der Waals surface area contributed by atoms with Crippen molar-refractivity contribution < 1.29 is 19.4 Å². The molecule has 0 unspecified atom stereocenters. The minimum atomic E-state index is -0.508. The number of nitrogens with one attached hydrogen (secondary N) is 1. The molecule has 2 rings (SSSR count). The third kappa shape index (κ3) is 5.39. The Morgan fingerprint density at radius 2 is 2.12 bits per heavy atom. The highest BCUT2D eigenvalue weighted by Crippen LogP contribution is 2.27. The summed E-state index contributed by atoms with van der Waals surface area (Å²) in [6.45, 7) is 6.85. The van der Waals surface area contributed by atoms with E-state index < -0.39 is 5.60 Å². The zero-order valence-corrected chi connectivity index (χ0v) is 14.9. The van der Waals surface area contributed by atoms with Gasteiger partial charge in [0.15, 0.2) is 0 Å². The fraction of sp³-hybridized carbons (Fsp3) is 0.529. The van der Waals surface area contributed by atoms with Gasteiger partial charge in [0.05, 0.1) is 17.5 Å². The predicted octanol–water partition coefficient (Wildman–Crippen LogP) is 2.65. The summed E-state index contributed by atoms with van der Waals surface area (Å²) in [4.78, 5) is 26.1. The van der Waals surface area contributed by atoms with Crippen molar-refractivity contribution in [2.75, 3.05) is 25.0 Å². The Bertz CT molecular complexity index is 628. The number of carbonyl (C=O) groups is 2. The maximum atomic E-state index is 12.3. The Morgan fingerprint density at radius 1 is 1.42 bits per heavy atom. The minimum absolute atomic E-state index is 0.0286. The molecule has 0 radical (unpaired) electrons. The Balaban J connectivity index is 1.85. The minimum Gasteiger partial charge on any atom is -0.506 e. The van der Waals surface area contributed by atoms with E-state index >= 15 is 0 Å². The van der Waals surface area contributed by atoms with E-state index in [0.29, 0.717) is 25.2 Å². The van der Waals surface area contributed by atoms with Crippen LogP contribution >= 0.6 is 11.6 Å². The quantitative estimate of drug-likeness (QED) is 0.642. The van der Waals surface area contributed by atoms with Gasteiger partial charge in [0.2, 0.25) is 5.91 Å². The lowest BCUT2D eigenvalue weighted by Gasteiger charge is -2.22. The molecule has 132 valence electrons. The second-order valence-electron chi connectivity index (χ2n) is 6.96. The summed E-state index contributed by atoms with van der Waals surface area (Å²) in [5, 5.41) is 12.4. The molecule has 1 fully saturated rings. The number of anilines is 1. The summed E-state index contributed by atoms with van der Waals surface area (Å²) in [5.41, 5.74) is 0.0273. The first kappa shape index (κ1) is 18.5. The number of nitrogens with zero attached hydrogens (tertiary/aromatic N) is 1. The Morgan fingerprint density at radius 3 is 2.75 bits per heavy atom. The third-order valence-electron chi connectivity index (χ3n) is 3.63. The number of amides is 1. The number of rotatable bonds is 4. The predicted molar refractivity (Wildman–Crippen MR) is 92.1 cm³/mol. The maximum Gasteiger partial charge on any atom is 0.320 e. The van der Waals surface area contributed by atoms with Gasteiger partial charge in [-0.25, -0.2) is 0 Å². The van der Waals surface area contributed by atoms with Gasteiger partial charge in [-0.3, -0.25) is 14.5 Å². The number of phenols is 1. The molecule has 7 heteroatoms. The Hall–Kier alpha value is -1.79. The van der Waals surface area contributed by atoms with Crippen molar-refractivity contribution in [3.63, 3.8) is 0 Å². The second kappa shape index (κ2) is 7.40. The highest BCUT2D eigenvalue weighted by atomic mass is 35.5. The first-order chi connectivity index (χ1) is 11.1. The highest BCUT2D eigenvalue weighted by Gasteiger charge is 2.30. The topological polar surface area (TPSA) is 78.9 Å². The molecule has 0 aliphatic carbocycles. The molecule has 1 heterocycles. The zero-order valence-electron chi connectivity index (χ0n) is 14.1. The molecule has 1 aliphatic heterocycles. The number of ether oxygens (including phenoxy) is 1. The van der Waals surface area contributed by atoms with Crippen LogP contribution < -0.4 is 5.32 Å². The van der Waals surface area contributed by atoms with Crippen molar-refractivity contribution in [2.24, 2.45) is 5.92 Å². The van der Waals surface area contributed by atoms with Gasteiger partial charge in [-0.15, -0.1) is 0 Å². The van der Waals surface area contributed by atoms with E-state index in [1.54, 1.807) is 6.07 Å². The molecule has 1 aromatic carbocycles. The maximum absolute atomic E-state index is 12.3. The first-order valence-corrected chi connectivity index (χ1v) is 8.25. The summed E-state index contributed by atoms with van der Waals surface area (Å²) in [5.74, 6) is -0.628. The molecule has 0 spiro atoms. The van der Waals surface area contributed by atoms with Crippen LogP contribution in [0, 0.1) is 5.92 Å². The number of hydrogen-bond acceptors (Lipinski definition) is 5. The van der Waals surface area contributed by atoms with Crippen molar-refractivity contribution in [1.82, 2.24) is 4.90 Å². The summed E-state index contributed by atoms with van der Waals surface area (Å²) < 4.78 is 5.30. The molecule has 24 heavy (non-hydrogen) atoms. The first-order valence-electron chi connectivity index (χ1n) is 7.87. The molecule has 6 nitrogen and oxygen atoms in total. The van der Waals surface area contributed by atoms with Gasteiger partial charge in [0.25, 0.3) is 0 Å². The summed E-state index contributed by atoms with van der Waals surface area (Å²) in [6, 6.07) is 4.52. The van der Waals surface area contributed by atoms with Gasteiger partial charge in [0.1, 0.15) is 11.4 Å². The van der Waals surface area contributed by atoms with Crippen LogP contribution in [0.25, 0.3) is 0 Å². The summed E-state index contributed by atoms with van der Waals surface area (Å²) in [7, 11) is 0. The lowest BCUT2D eigenvalue weighted by atomic mass is 10.1. The van der Waals surface area contributed by atoms with Crippen LogP contribution in [0.2, 0.25) is 5.02 Å². The molecule has 1 saturated heterocycles. The molecular formula is C17H23ClN2O4. The second-order valence-corrected chi connectivity index (χ2v) is 7.37. The fourth-order valence-electron chi connectivity index (χ4n) is 2.58. The molecule has 1 amide bonds. The van der Waals surface area contributed by atoms with Crippen LogP contribution in [0.4, 0.5) is 5.69 Å². The summed E-state index contributed by atoms with van der Waals surface area (Å²) >= 11 is 5.83. The number of hydrogen-bond donors (Lipinski definition) is 2. The van der Waals surface area contributed by atoms with E-state index in [1.165, 1.54) is 12.1 Å². The van der Waals surface area contributed by atoms with Gasteiger partial charge >= 0.3 is 5.97 Å². The van der Waals surface area contributed by atoms with E-state index in [-0.39, 0.29) is 35.1 Å². The number of benzene rings is 1. The molecule has 0 saturated carbocycles. The van der Waals surface area contributed by atoms with Crippen molar-refractivity contribution >= 4 is 29.2 Å². The highest BCUT2D eigenvalue weighted by molar-refractivity contribution is 6.32. The van der Waals surface area contributed by atoms with Crippen LogP contribution in [0.3, 0.4) is 0 Å². The summed E-state index contributed by atoms with van der Waals surface area (Å²) in [6.07, 6.45) is 0.681. The van der Waals surface area contributed by atoms with E-state index in [2.05, 4.69) is 5.32 Å². The molecule has 2 N–H and O–H groups in total. The number of halogens is 1. The van der Waals surface area contributed by atoms with Gasteiger partial charge in [-0.1, -0.05) is 11.6 Å². The number of phenolic OH excluding ortho intramolecular Hbond substituents is 1. The normalized spacial score (nSPS) is 18.4. The van der Waals surface area contributed by atoms with Gasteiger partial charge < -0.3 is 15.2 Å². The average Bonchev–Trinajstić information content (AvgIpc) is 2.89. The molecule has 1 aromatic rings. The van der Waals surface area contributed by atoms with E-state index in [1.807, 2.05) is 25.7 Å². The largest absolute Gasteiger partial charge is 0.506 e. The van der Waals surface area contributed by atoms with Crippen LogP contribution in [0.15, 0.2) is 18.2 Å². The fourth-order valence-corrected chi connectivity index (χ4v) is 2.76. The van der Waals surface area contributed by atoms with Gasteiger partial charge in [-0.2, -0.15) is 0 Å². The van der Waals surface area contributed by atoms with Crippen LogP contribution in [0.5, 0.6) is 5.75 Å². The SMILES string of the molecule is CC(C)(C)OC(=O)CN1CC[C@@H](C(=O)Nc2ccc(O)c(Cl)c2)C1. The van der Waals surface area contributed by atoms with E-state index in [4.69, 9.17) is 16.3 Å². The van der Waals surface area contributed by atoms with Crippen molar-refractivity contribution in [1.29, 1.82) is 0 Å². The molecule has 0 aromatic heterocycles. The van der Waals surface area contributed by atoms with Crippen molar-refractivity contribution in [2.45, 2.75) is 32.8 Å². The Labute approximate surface area is 146 Å². The van der Waals surface area contributed by atoms with E-state index in [9.17, 15) is 14.7 Å². The number of aromatic hydroxyl groups is 1. The Kier molecular flexibility index (Phi) is 5.72.